The van der Waals surface area contributed by atoms with Crippen LogP contribution in [0.2, 0.25) is 0 Å². The van der Waals surface area contributed by atoms with Crippen molar-refractivity contribution in [3.05, 3.63) is 46.6 Å². The van der Waals surface area contributed by atoms with Crippen molar-refractivity contribution >= 4 is 31.8 Å². The fourth-order valence-electron chi connectivity index (χ4n) is 2.57. The lowest BCUT2D eigenvalue weighted by Crippen LogP contribution is -2.09. The van der Waals surface area contributed by atoms with E-state index in [1.165, 1.54) is 24.3 Å². The van der Waals surface area contributed by atoms with E-state index in [2.05, 4.69) is 8.37 Å². The van der Waals surface area contributed by atoms with Crippen LogP contribution in [0.1, 0.15) is 0 Å². The minimum absolute atomic E-state index is 0.0479. The zero-order valence-corrected chi connectivity index (χ0v) is 16.4. The molecule has 0 bridgehead atoms. The maximum absolute atomic E-state index is 12.5. The van der Waals surface area contributed by atoms with Gasteiger partial charge in [-0.05, 0) is 24.3 Å². The van der Waals surface area contributed by atoms with Gasteiger partial charge in [0, 0.05) is 17.7 Å². The average Bonchev–Trinajstić information content (AvgIpc) is 2.59. The number of hydrogen-bond donors (Lipinski definition) is 3. The molecule has 12 nitrogen and oxygen atoms in total. The molecule has 0 spiro atoms. The van der Waals surface area contributed by atoms with Gasteiger partial charge in [-0.3, -0.25) is 13.9 Å². The minimum atomic E-state index is -4.98. The molecule has 0 saturated heterocycles. The molecule has 3 aromatic rings. The van der Waals surface area contributed by atoms with E-state index < -0.39 is 43.5 Å². The van der Waals surface area contributed by atoms with Crippen LogP contribution in [0.3, 0.4) is 0 Å². The standard InChI is InChI=1S/C16H12O12S2/c1-25-16-13(28-30(22,23)24)7-12-14(15(16)18)10(17)6-11(26-12)8-2-4-9(5-3-8)27-29(19,20)21/h2-7,18H,1H3,(H,19,20,21)(H,22,23,24). The summed E-state index contributed by atoms with van der Waals surface area (Å²) in [7, 11) is -8.63. The fraction of sp³-hybridized carbons (Fsp3) is 0.0625. The fourth-order valence-corrected chi connectivity index (χ4v) is 3.28. The van der Waals surface area contributed by atoms with E-state index in [0.29, 0.717) is 0 Å². The van der Waals surface area contributed by atoms with Crippen LogP contribution in [0.15, 0.2) is 45.6 Å². The van der Waals surface area contributed by atoms with E-state index in [1.807, 2.05) is 0 Å². The number of benzene rings is 2. The second-order valence-electron chi connectivity index (χ2n) is 5.65. The average molecular weight is 460 g/mol. The van der Waals surface area contributed by atoms with E-state index in [1.54, 1.807) is 0 Å². The van der Waals surface area contributed by atoms with Gasteiger partial charge in [-0.2, -0.15) is 16.8 Å². The summed E-state index contributed by atoms with van der Waals surface area (Å²) in [6, 6.07) is 6.90. The predicted molar refractivity (Wildman–Crippen MR) is 100 cm³/mol. The van der Waals surface area contributed by atoms with Gasteiger partial charge in [-0.25, -0.2) is 0 Å². The summed E-state index contributed by atoms with van der Waals surface area (Å²) in [4.78, 5) is 12.5. The van der Waals surface area contributed by atoms with E-state index >= 15 is 0 Å². The summed E-state index contributed by atoms with van der Waals surface area (Å²) in [6.07, 6.45) is 0. The van der Waals surface area contributed by atoms with Gasteiger partial charge < -0.3 is 22.6 Å². The largest absolute Gasteiger partial charge is 0.504 e. The quantitative estimate of drug-likeness (QED) is 0.451. The summed E-state index contributed by atoms with van der Waals surface area (Å²) in [5, 5.41) is 9.93. The lowest BCUT2D eigenvalue weighted by atomic mass is 10.1. The van der Waals surface area contributed by atoms with Crippen LogP contribution in [-0.2, 0) is 20.8 Å². The number of rotatable bonds is 6. The first kappa shape index (κ1) is 21.4. The van der Waals surface area contributed by atoms with Gasteiger partial charge in [0.1, 0.15) is 22.5 Å². The summed E-state index contributed by atoms with van der Waals surface area (Å²) >= 11 is 0. The topological polar surface area (TPSA) is 187 Å². The highest BCUT2D eigenvalue weighted by Gasteiger charge is 2.23. The molecule has 0 atom stereocenters. The molecular weight excluding hydrogens is 448 g/mol. The van der Waals surface area contributed by atoms with Crippen LogP contribution in [0, 0.1) is 0 Å². The second-order valence-corrected chi connectivity index (χ2v) is 7.70. The molecule has 160 valence electrons. The van der Waals surface area contributed by atoms with Crippen molar-refractivity contribution in [1.29, 1.82) is 0 Å². The molecule has 0 fully saturated rings. The van der Waals surface area contributed by atoms with Crippen LogP contribution in [0.5, 0.6) is 23.0 Å². The number of phenols is 1. The highest BCUT2D eigenvalue weighted by Crippen LogP contribution is 2.42. The van der Waals surface area contributed by atoms with E-state index in [0.717, 1.165) is 19.2 Å². The Kier molecular flexibility index (Phi) is 5.34. The SMILES string of the molecule is COc1c(OS(=O)(=O)O)cc2oc(-c3ccc(OS(=O)(=O)O)cc3)cc(=O)c2c1O. The van der Waals surface area contributed by atoms with Crippen LogP contribution >= 0.6 is 0 Å². The minimum Gasteiger partial charge on any atom is -0.504 e. The molecule has 0 radical (unpaired) electrons. The highest BCUT2D eigenvalue weighted by molar-refractivity contribution is 7.81. The van der Waals surface area contributed by atoms with Crippen molar-refractivity contribution < 1.29 is 48.6 Å². The van der Waals surface area contributed by atoms with E-state index in [9.17, 15) is 26.7 Å². The van der Waals surface area contributed by atoms with Gasteiger partial charge in [0.05, 0.1) is 7.11 Å². The molecule has 3 rings (SSSR count). The molecule has 0 saturated carbocycles. The Morgan fingerprint density at radius 2 is 1.53 bits per heavy atom. The normalized spacial score (nSPS) is 12.0. The van der Waals surface area contributed by atoms with Crippen molar-refractivity contribution in [2.24, 2.45) is 0 Å². The Morgan fingerprint density at radius 1 is 0.933 bits per heavy atom. The van der Waals surface area contributed by atoms with Crippen molar-refractivity contribution in [1.82, 2.24) is 0 Å². The molecule has 0 amide bonds. The molecule has 0 aliphatic heterocycles. The number of hydrogen-bond acceptors (Lipinski definition) is 10. The van der Waals surface area contributed by atoms with Gasteiger partial charge in [-0.1, -0.05) is 0 Å². The van der Waals surface area contributed by atoms with Crippen molar-refractivity contribution in [3.63, 3.8) is 0 Å². The number of methoxy groups -OCH3 is 1. The van der Waals surface area contributed by atoms with Crippen LogP contribution in [-0.4, -0.2) is 38.2 Å². The molecule has 3 N–H and O–H groups in total. The number of aromatic hydroxyl groups is 1. The molecule has 0 aliphatic carbocycles. The van der Waals surface area contributed by atoms with Crippen LogP contribution in [0.4, 0.5) is 0 Å². The van der Waals surface area contributed by atoms with Crippen molar-refractivity contribution in [3.8, 4) is 34.3 Å². The molecular formula is C16H12O12S2. The van der Waals surface area contributed by atoms with E-state index in [-0.39, 0.29) is 28.0 Å². The Balaban J connectivity index is 2.16. The van der Waals surface area contributed by atoms with Crippen molar-refractivity contribution in [2.75, 3.05) is 7.11 Å². The third-order valence-corrected chi connectivity index (χ3v) is 4.45. The Labute approximate surface area is 168 Å². The first-order valence-corrected chi connectivity index (χ1v) is 10.4. The van der Waals surface area contributed by atoms with Crippen molar-refractivity contribution in [2.45, 2.75) is 0 Å². The monoisotopic (exact) mass is 460 g/mol. The molecule has 1 aromatic heterocycles. The van der Waals surface area contributed by atoms with Gasteiger partial charge in [0.15, 0.2) is 16.9 Å². The molecule has 14 heteroatoms. The predicted octanol–water partition coefficient (Wildman–Crippen LogP) is 1.54. The first-order chi connectivity index (χ1) is 13.9. The first-order valence-electron chi connectivity index (χ1n) is 7.70. The van der Waals surface area contributed by atoms with E-state index in [4.69, 9.17) is 18.3 Å². The zero-order valence-electron chi connectivity index (χ0n) is 14.8. The molecule has 2 aromatic carbocycles. The van der Waals surface area contributed by atoms with Crippen LogP contribution < -0.4 is 18.5 Å². The number of phenolic OH excluding ortho intramolecular Hbond substituents is 1. The number of ether oxygens (including phenoxy) is 1. The summed E-state index contributed by atoms with van der Waals surface area (Å²) in [6.45, 7) is 0. The third-order valence-electron chi connectivity index (χ3n) is 3.65. The Morgan fingerprint density at radius 3 is 2.07 bits per heavy atom. The van der Waals surface area contributed by atoms with Gasteiger partial charge in [0.2, 0.25) is 5.75 Å². The lowest BCUT2D eigenvalue weighted by Gasteiger charge is -2.12. The van der Waals surface area contributed by atoms with Crippen LogP contribution in [0.25, 0.3) is 22.3 Å². The lowest BCUT2D eigenvalue weighted by molar-refractivity contribution is 0.343. The van der Waals surface area contributed by atoms with Gasteiger partial charge in [-0.15, -0.1) is 0 Å². The molecule has 0 unspecified atom stereocenters. The van der Waals surface area contributed by atoms with Gasteiger partial charge >= 0.3 is 20.8 Å². The maximum atomic E-state index is 12.5. The second kappa shape index (κ2) is 7.49. The Hall–Kier alpha value is -3.33. The highest BCUT2D eigenvalue weighted by atomic mass is 32.3. The summed E-state index contributed by atoms with van der Waals surface area (Å²) in [5.41, 5.74) is -0.754. The number of fused-ring (bicyclic) bond motifs is 1. The molecule has 1 heterocycles. The van der Waals surface area contributed by atoms with Gasteiger partial charge in [0.25, 0.3) is 0 Å². The maximum Gasteiger partial charge on any atom is 0.446 e. The summed E-state index contributed by atoms with van der Waals surface area (Å²) in [5.74, 6) is -2.19. The zero-order chi connectivity index (χ0) is 22.3. The molecule has 0 aliphatic rings. The summed E-state index contributed by atoms with van der Waals surface area (Å²) < 4.78 is 80.1. The smallest absolute Gasteiger partial charge is 0.446 e. The Bertz CT molecular complexity index is 1390. The molecule has 30 heavy (non-hydrogen) atoms. The third kappa shape index (κ3) is 4.62.